The van der Waals surface area contributed by atoms with Gasteiger partial charge in [0.1, 0.15) is 5.60 Å². The molecule has 2 heteroatoms. The summed E-state index contributed by atoms with van der Waals surface area (Å²) in [6.07, 6.45) is 5.58. The molecular weight excluding hydrogens is 308 g/mol. The third-order valence-electron chi connectivity index (χ3n) is 5.66. The Labute approximate surface area is 155 Å². The van der Waals surface area contributed by atoms with Crippen molar-refractivity contribution in [3.63, 3.8) is 0 Å². The minimum Gasteiger partial charge on any atom is -0.460 e. The lowest BCUT2D eigenvalue weighted by molar-refractivity contribution is -0.162. The van der Waals surface area contributed by atoms with Gasteiger partial charge in [-0.1, -0.05) is 37.5 Å². The Morgan fingerprint density at radius 1 is 1.20 bits per heavy atom. The molecule has 3 atom stereocenters. The van der Waals surface area contributed by atoms with Gasteiger partial charge in [-0.05, 0) is 89.3 Å². The largest absolute Gasteiger partial charge is 0.460 e. The molecule has 0 heterocycles. The van der Waals surface area contributed by atoms with E-state index in [1.165, 1.54) is 28.7 Å². The first-order valence-electron chi connectivity index (χ1n) is 9.86. The molecule has 142 valence electrons. The first-order chi connectivity index (χ1) is 11.6. The maximum Gasteiger partial charge on any atom is 0.309 e. The first-order valence-corrected chi connectivity index (χ1v) is 9.86. The molecule has 1 saturated carbocycles. The second-order valence-electron chi connectivity index (χ2n) is 9.22. The van der Waals surface area contributed by atoms with E-state index >= 15 is 0 Å². The van der Waals surface area contributed by atoms with Crippen LogP contribution in [0.3, 0.4) is 0 Å². The van der Waals surface area contributed by atoms with Crippen LogP contribution in [0, 0.1) is 38.5 Å². The van der Waals surface area contributed by atoms with E-state index in [9.17, 15) is 4.79 Å². The number of aryl methyl sites for hydroxylation is 2. The van der Waals surface area contributed by atoms with Crippen molar-refractivity contribution in [2.45, 2.75) is 86.2 Å². The van der Waals surface area contributed by atoms with Crippen LogP contribution in [0.4, 0.5) is 0 Å². The second kappa shape index (κ2) is 7.93. The topological polar surface area (TPSA) is 26.3 Å². The third-order valence-corrected chi connectivity index (χ3v) is 5.66. The molecule has 1 fully saturated rings. The zero-order valence-electron chi connectivity index (χ0n) is 17.2. The van der Waals surface area contributed by atoms with Crippen LogP contribution in [0.1, 0.15) is 77.1 Å². The van der Waals surface area contributed by atoms with E-state index in [4.69, 9.17) is 4.74 Å². The van der Waals surface area contributed by atoms with Crippen molar-refractivity contribution in [3.8, 4) is 0 Å². The Morgan fingerprint density at radius 2 is 1.88 bits per heavy atom. The van der Waals surface area contributed by atoms with Gasteiger partial charge in [0.2, 0.25) is 0 Å². The van der Waals surface area contributed by atoms with Gasteiger partial charge in [-0.15, -0.1) is 0 Å². The molecule has 0 aromatic heterocycles. The van der Waals surface area contributed by atoms with Gasteiger partial charge in [-0.2, -0.15) is 0 Å². The maximum atomic E-state index is 12.6. The van der Waals surface area contributed by atoms with Gasteiger partial charge in [0, 0.05) is 1.43 Å². The summed E-state index contributed by atoms with van der Waals surface area (Å²) in [6, 6.07) is 4.62. The quantitative estimate of drug-likeness (QED) is 0.482. The Balaban J connectivity index is 0.00000338. The summed E-state index contributed by atoms with van der Waals surface area (Å²) in [5.41, 5.74) is 5.28. The number of esters is 1. The molecule has 2 rings (SSSR count). The van der Waals surface area contributed by atoms with Crippen molar-refractivity contribution in [1.29, 1.82) is 0 Å². The summed E-state index contributed by atoms with van der Waals surface area (Å²) in [4.78, 5) is 12.6. The highest BCUT2D eigenvalue weighted by Crippen LogP contribution is 2.36. The molecule has 1 aromatic carbocycles. The Bertz CT molecular complexity index is 615. The van der Waals surface area contributed by atoms with Crippen molar-refractivity contribution in [2.75, 3.05) is 0 Å². The van der Waals surface area contributed by atoms with Crippen LogP contribution in [0.5, 0.6) is 0 Å². The predicted molar refractivity (Wildman–Crippen MR) is 107 cm³/mol. The summed E-state index contributed by atoms with van der Waals surface area (Å²) in [5.74, 6) is 1.13. The summed E-state index contributed by atoms with van der Waals surface area (Å²) in [7, 11) is 0. The van der Waals surface area contributed by atoms with Crippen LogP contribution in [-0.2, 0) is 16.0 Å². The van der Waals surface area contributed by atoms with E-state index in [2.05, 4.69) is 39.8 Å². The van der Waals surface area contributed by atoms with Gasteiger partial charge < -0.3 is 4.74 Å². The standard InChI is InChI=1S/C23H36O2.H2/c1-15-11-16(2)18(4)20(12-15)14-19-9-8-10-21(17(3)13-19)22(24)25-23(5,6)7;/h11-12,17,19,21H,8-10,13-14H2,1-7H3;1H/t17-,19?,21?;/m0./s1. The minimum atomic E-state index is -0.390. The Morgan fingerprint density at radius 3 is 2.52 bits per heavy atom. The monoisotopic (exact) mass is 346 g/mol. The number of benzene rings is 1. The highest BCUT2D eigenvalue weighted by atomic mass is 16.6. The molecule has 0 N–H and O–H groups in total. The van der Waals surface area contributed by atoms with E-state index in [1.807, 2.05) is 20.8 Å². The number of ether oxygens (including phenoxy) is 1. The van der Waals surface area contributed by atoms with E-state index in [0.717, 1.165) is 25.7 Å². The molecule has 0 saturated heterocycles. The lowest BCUT2D eigenvalue weighted by Crippen LogP contribution is -2.31. The van der Waals surface area contributed by atoms with Gasteiger partial charge in [0.25, 0.3) is 0 Å². The van der Waals surface area contributed by atoms with E-state index in [1.54, 1.807) is 0 Å². The molecule has 2 unspecified atom stereocenters. The Kier molecular flexibility index (Phi) is 6.35. The van der Waals surface area contributed by atoms with Crippen molar-refractivity contribution in [1.82, 2.24) is 0 Å². The van der Waals surface area contributed by atoms with E-state index in [0.29, 0.717) is 11.8 Å². The van der Waals surface area contributed by atoms with Crippen molar-refractivity contribution in [2.24, 2.45) is 17.8 Å². The molecule has 0 aliphatic heterocycles. The smallest absolute Gasteiger partial charge is 0.309 e. The highest BCUT2D eigenvalue weighted by Gasteiger charge is 2.33. The predicted octanol–water partition coefficient (Wildman–Crippen LogP) is 6.18. The molecule has 1 aromatic rings. The first kappa shape index (κ1) is 20.0. The van der Waals surface area contributed by atoms with Gasteiger partial charge in [0.05, 0.1) is 5.92 Å². The molecular formula is C23H38O2. The van der Waals surface area contributed by atoms with Crippen LogP contribution in [-0.4, -0.2) is 11.6 Å². The summed E-state index contributed by atoms with van der Waals surface area (Å²) in [6.45, 7) is 14.7. The van der Waals surface area contributed by atoms with Gasteiger partial charge >= 0.3 is 5.97 Å². The molecule has 0 amide bonds. The Hall–Kier alpha value is -1.31. The van der Waals surface area contributed by atoms with E-state index < -0.39 is 5.60 Å². The molecule has 1 aliphatic rings. The zero-order valence-corrected chi connectivity index (χ0v) is 17.2. The maximum absolute atomic E-state index is 12.6. The second-order valence-corrected chi connectivity index (χ2v) is 9.22. The molecule has 2 nitrogen and oxygen atoms in total. The van der Waals surface area contributed by atoms with Crippen molar-refractivity contribution < 1.29 is 11.0 Å². The average molecular weight is 347 g/mol. The lowest BCUT2D eigenvalue weighted by atomic mass is 9.83. The minimum absolute atomic E-state index is 0. The van der Waals surface area contributed by atoms with Crippen molar-refractivity contribution in [3.05, 3.63) is 34.4 Å². The molecule has 0 radical (unpaired) electrons. The zero-order chi connectivity index (χ0) is 18.8. The van der Waals surface area contributed by atoms with Crippen LogP contribution in [0.15, 0.2) is 12.1 Å². The fraction of sp³-hybridized carbons (Fsp3) is 0.696. The third kappa shape index (κ3) is 5.59. The van der Waals surface area contributed by atoms with Gasteiger partial charge in [-0.3, -0.25) is 4.79 Å². The average Bonchev–Trinajstić information content (AvgIpc) is 2.63. The SMILES string of the molecule is Cc1cc(C)c(C)c(CC2CCCC(C(=O)OC(C)(C)C)[C@@H](C)C2)c1.[HH]. The number of carbonyl (C=O) groups is 1. The normalized spacial score (nSPS) is 24.7. The van der Waals surface area contributed by atoms with Crippen LogP contribution in [0.25, 0.3) is 0 Å². The highest BCUT2D eigenvalue weighted by molar-refractivity contribution is 5.73. The lowest BCUT2D eigenvalue weighted by Gasteiger charge is -2.27. The van der Waals surface area contributed by atoms with E-state index in [-0.39, 0.29) is 13.3 Å². The van der Waals surface area contributed by atoms with Crippen LogP contribution in [0.2, 0.25) is 0 Å². The van der Waals surface area contributed by atoms with Crippen molar-refractivity contribution >= 4 is 5.97 Å². The fourth-order valence-corrected chi connectivity index (χ4v) is 4.28. The molecule has 1 aliphatic carbocycles. The number of hydrogen-bond donors (Lipinski definition) is 0. The van der Waals surface area contributed by atoms with Crippen LogP contribution < -0.4 is 0 Å². The number of hydrogen-bond acceptors (Lipinski definition) is 2. The summed E-state index contributed by atoms with van der Waals surface area (Å²) < 4.78 is 5.67. The summed E-state index contributed by atoms with van der Waals surface area (Å²) in [5, 5.41) is 0. The van der Waals surface area contributed by atoms with Gasteiger partial charge in [0.15, 0.2) is 0 Å². The summed E-state index contributed by atoms with van der Waals surface area (Å²) >= 11 is 0. The van der Waals surface area contributed by atoms with Gasteiger partial charge in [-0.25, -0.2) is 0 Å². The molecule has 0 spiro atoms. The number of rotatable bonds is 3. The van der Waals surface area contributed by atoms with Crippen LogP contribution >= 0.6 is 0 Å². The fourth-order valence-electron chi connectivity index (χ4n) is 4.28. The molecule has 25 heavy (non-hydrogen) atoms. The number of carbonyl (C=O) groups excluding carboxylic acids is 1. The molecule has 0 bridgehead atoms.